The van der Waals surface area contributed by atoms with Crippen LogP contribution in [0.25, 0.3) is 22.2 Å². The normalized spacial score (nSPS) is 10.8. The number of thiazole rings is 1. The van der Waals surface area contributed by atoms with E-state index in [1.807, 2.05) is 29.6 Å². The number of para-hydroxylation sites is 1. The molecular formula is C23H20N4O5S2. The molecular weight excluding hydrogens is 476 g/mol. The molecule has 9 nitrogen and oxygen atoms in total. The van der Waals surface area contributed by atoms with Gasteiger partial charge in [-0.2, -0.15) is 0 Å². The Kier molecular flexibility index (Phi) is 7.24. The molecule has 34 heavy (non-hydrogen) atoms. The third-order valence-electron chi connectivity index (χ3n) is 4.81. The number of nitrogens with one attached hydrogen (secondary N) is 1. The van der Waals surface area contributed by atoms with Gasteiger partial charge in [0.05, 0.1) is 36.6 Å². The number of methoxy groups -OCH3 is 2. The number of thioether (sulfide) groups is 1. The summed E-state index contributed by atoms with van der Waals surface area (Å²) in [7, 11) is 2.85. The van der Waals surface area contributed by atoms with E-state index in [1.54, 1.807) is 31.4 Å². The average Bonchev–Trinajstić information content (AvgIpc) is 3.33. The van der Waals surface area contributed by atoms with Crippen molar-refractivity contribution in [3.63, 3.8) is 0 Å². The molecule has 2 heterocycles. The van der Waals surface area contributed by atoms with Crippen molar-refractivity contribution in [1.82, 2.24) is 14.5 Å². The van der Waals surface area contributed by atoms with Gasteiger partial charge in [-0.05, 0) is 36.4 Å². The number of nitrogens with zero attached hydrogens (tertiary/aromatic N) is 3. The highest BCUT2D eigenvalue weighted by molar-refractivity contribution is 7.99. The van der Waals surface area contributed by atoms with E-state index in [-0.39, 0.29) is 28.9 Å². The van der Waals surface area contributed by atoms with Gasteiger partial charge < -0.3 is 14.8 Å². The summed E-state index contributed by atoms with van der Waals surface area (Å²) in [5.41, 5.74) is 1.75. The van der Waals surface area contributed by atoms with Crippen molar-refractivity contribution in [3.05, 3.63) is 64.3 Å². The fourth-order valence-electron chi connectivity index (χ4n) is 3.10. The molecule has 11 heteroatoms. The predicted molar refractivity (Wildman–Crippen MR) is 131 cm³/mol. The molecule has 0 saturated carbocycles. The Labute approximate surface area is 202 Å². The van der Waals surface area contributed by atoms with Gasteiger partial charge in [0, 0.05) is 10.9 Å². The van der Waals surface area contributed by atoms with E-state index >= 15 is 0 Å². The maximum atomic E-state index is 12.9. The second kappa shape index (κ2) is 10.5. The minimum atomic E-state index is -0.584. The van der Waals surface area contributed by atoms with Crippen LogP contribution in [0.1, 0.15) is 0 Å². The summed E-state index contributed by atoms with van der Waals surface area (Å²) in [5.74, 6) is -0.173. The Morgan fingerprint density at radius 2 is 1.85 bits per heavy atom. The zero-order valence-electron chi connectivity index (χ0n) is 18.3. The predicted octanol–water partition coefficient (Wildman–Crippen LogP) is 3.43. The number of benzene rings is 2. The van der Waals surface area contributed by atoms with Crippen molar-refractivity contribution in [1.29, 1.82) is 0 Å². The molecule has 174 valence electrons. The van der Waals surface area contributed by atoms with E-state index in [0.717, 1.165) is 28.8 Å². The van der Waals surface area contributed by atoms with Gasteiger partial charge in [0.15, 0.2) is 10.3 Å². The van der Waals surface area contributed by atoms with Gasteiger partial charge in [0.2, 0.25) is 5.91 Å². The summed E-state index contributed by atoms with van der Waals surface area (Å²) in [5, 5.41) is 5.70. The molecule has 0 aliphatic carbocycles. The molecule has 1 amide bonds. The zero-order chi connectivity index (χ0) is 24.1. The smallest absolute Gasteiger partial charge is 0.325 e. The number of hydrogen-bond donors (Lipinski definition) is 1. The monoisotopic (exact) mass is 496 g/mol. The summed E-state index contributed by atoms with van der Waals surface area (Å²) in [6, 6.07) is 14.3. The van der Waals surface area contributed by atoms with E-state index in [9.17, 15) is 14.4 Å². The molecule has 0 aliphatic heterocycles. The van der Waals surface area contributed by atoms with E-state index in [1.165, 1.54) is 23.0 Å². The Bertz CT molecular complexity index is 1400. The number of anilines is 1. The van der Waals surface area contributed by atoms with Crippen LogP contribution >= 0.6 is 23.1 Å². The number of carbonyl (C=O) groups is 2. The minimum absolute atomic E-state index is 0.0244. The summed E-state index contributed by atoms with van der Waals surface area (Å²) in [6.07, 6.45) is 0. The van der Waals surface area contributed by atoms with Crippen molar-refractivity contribution >= 4 is 51.0 Å². The summed E-state index contributed by atoms with van der Waals surface area (Å²) in [4.78, 5) is 46.2. The molecule has 0 atom stereocenters. The minimum Gasteiger partial charge on any atom is -0.497 e. The highest BCUT2D eigenvalue weighted by atomic mass is 32.2. The summed E-state index contributed by atoms with van der Waals surface area (Å²) in [6.45, 7) is -0.297. The van der Waals surface area contributed by atoms with Gasteiger partial charge in [-0.15, -0.1) is 11.3 Å². The maximum absolute atomic E-state index is 12.9. The quantitative estimate of drug-likeness (QED) is 0.224. The topological polar surface area (TPSA) is 112 Å². The first-order chi connectivity index (χ1) is 16.5. The number of amides is 1. The Hall–Kier alpha value is -3.70. The van der Waals surface area contributed by atoms with E-state index in [0.29, 0.717) is 16.0 Å². The second-order valence-corrected chi connectivity index (χ2v) is 8.78. The van der Waals surface area contributed by atoms with Crippen LogP contribution < -0.4 is 15.6 Å². The van der Waals surface area contributed by atoms with Crippen LogP contribution in [-0.4, -0.2) is 46.4 Å². The third kappa shape index (κ3) is 5.26. The lowest BCUT2D eigenvalue weighted by atomic mass is 10.2. The molecule has 0 unspecified atom stereocenters. The molecule has 2 aromatic heterocycles. The second-order valence-electron chi connectivity index (χ2n) is 6.98. The Balaban J connectivity index is 1.48. The molecule has 0 aliphatic rings. The van der Waals surface area contributed by atoms with Gasteiger partial charge in [-0.25, -0.2) is 9.97 Å². The fraction of sp³-hybridized carbons (Fsp3) is 0.174. The number of esters is 1. The summed E-state index contributed by atoms with van der Waals surface area (Å²) >= 11 is 2.37. The van der Waals surface area contributed by atoms with Crippen LogP contribution in [0, 0.1) is 0 Å². The number of rotatable bonds is 8. The lowest BCUT2D eigenvalue weighted by Gasteiger charge is -2.12. The number of ether oxygens (including phenoxy) is 2. The first-order valence-electron chi connectivity index (χ1n) is 10.1. The molecule has 4 rings (SSSR count). The van der Waals surface area contributed by atoms with E-state index in [2.05, 4.69) is 15.3 Å². The lowest BCUT2D eigenvalue weighted by Crippen LogP contribution is -2.28. The van der Waals surface area contributed by atoms with Crippen molar-refractivity contribution in [2.75, 3.05) is 25.3 Å². The number of carbonyl (C=O) groups excluding carboxylic acids is 2. The fourth-order valence-corrected chi connectivity index (χ4v) is 4.64. The SMILES string of the molecule is COC(=O)Cn1c(SCC(=O)Nc2nc(-c3ccc(OC)cc3)cs2)nc2ccccc2c1=O. The standard InChI is InChI=1S/C23H20N4O5S2/c1-31-15-9-7-14(8-10-15)18-12-33-22(24-18)26-19(28)13-34-23-25-17-6-4-3-5-16(17)21(30)27(23)11-20(29)32-2/h3-10,12H,11,13H2,1-2H3,(H,24,26,28). The molecule has 0 saturated heterocycles. The molecule has 2 aromatic carbocycles. The summed E-state index contributed by atoms with van der Waals surface area (Å²) < 4.78 is 11.1. The molecule has 4 aromatic rings. The maximum Gasteiger partial charge on any atom is 0.325 e. The third-order valence-corrected chi connectivity index (χ3v) is 6.54. The zero-order valence-corrected chi connectivity index (χ0v) is 19.9. The highest BCUT2D eigenvalue weighted by Crippen LogP contribution is 2.27. The number of hydrogen-bond acceptors (Lipinski definition) is 9. The Morgan fingerprint density at radius 3 is 2.59 bits per heavy atom. The van der Waals surface area contributed by atoms with Crippen LogP contribution in [0.2, 0.25) is 0 Å². The largest absolute Gasteiger partial charge is 0.497 e. The van der Waals surface area contributed by atoms with Gasteiger partial charge in [0.1, 0.15) is 12.3 Å². The number of fused-ring (bicyclic) bond motifs is 1. The average molecular weight is 497 g/mol. The van der Waals surface area contributed by atoms with Crippen molar-refractivity contribution < 1.29 is 19.1 Å². The number of aromatic nitrogens is 3. The van der Waals surface area contributed by atoms with Gasteiger partial charge >= 0.3 is 5.97 Å². The lowest BCUT2D eigenvalue weighted by molar-refractivity contribution is -0.141. The van der Waals surface area contributed by atoms with Crippen molar-refractivity contribution in [3.8, 4) is 17.0 Å². The van der Waals surface area contributed by atoms with Gasteiger partial charge in [0.25, 0.3) is 5.56 Å². The van der Waals surface area contributed by atoms with Crippen LogP contribution in [0.15, 0.2) is 63.9 Å². The first kappa shape index (κ1) is 23.5. The van der Waals surface area contributed by atoms with E-state index in [4.69, 9.17) is 9.47 Å². The van der Waals surface area contributed by atoms with Crippen molar-refractivity contribution in [2.24, 2.45) is 0 Å². The van der Waals surface area contributed by atoms with Crippen molar-refractivity contribution in [2.45, 2.75) is 11.7 Å². The first-order valence-corrected chi connectivity index (χ1v) is 11.9. The van der Waals surface area contributed by atoms with Gasteiger partial charge in [-0.3, -0.25) is 19.0 Å². The van der Waals surface area contributed by atoms with Crippen LogP contribution in [-0.2, 0) is 20.9 Å². The van der Waals surface area contributed by atoms with Crippen LogP contribution in [0.5, 0.6) is 5.75 Å². The molecule has 0 spiro atoms. The van der Waals surface area contributed by atoms with E-state index < -0.39 is 5.97 Å². The van der Waals surface area contributed by atoms with Gasteiger partial charge in [-0.1, -0.05) is 23.9 Å². The highest BCUT2D eigenvalue weighted by Gasteiger charge is 2.16. The van der Waals surface area contributed by atoms with Crippen LogP contribution in [0.3, 0.4) is 0 Å². The molecule has 0 radical (unpaired) electrons. The molecule has 0 fully saturated rings. The Morgan fingerprint density at radius 1 is 1.09 bits per heavy atom. The van der Waals surface area contributed by atoms with Crippen LogP contribution in [0.4, 0.5) is 5.13 Å². The molecule has 1 N–H and O–H groups in total. The molecule has 0 bridgehead atoms.